The number of anilines is 1. The van der Waals surface area contributed by atoms with E-state index < -0.39 is 0 Å². The zero-order valence-electron chi connectivity index (χ0n) is 14.4. The first-order valence-electron chi connectivity index (χ1n) is 8.46. The maximum absolute atomic E-state index is 12.8. The topological polar surface area (TPSA) is 54.5 Å². The summed E-state index contributed by atoms with van der Waals surface area (Å²) in [5.74, 6) is 0. The van der Waals surface area contributed by atoms with Crippen molar-refractivity contribution in [3.05, 3.63) is 54.4 Å². The average molecular weight is 357 g/mol. The second-order valence-electron chi connectivity index (χ2n) is 6.00. The van der Waals surface area contributed by atoms with E-state index in [-0.39, 0.29) is 12.1 Å². The standard InChI is InChI=1S/C19H23N3O2S/c1-25-18-9-4-7-15(12-18)21-19(23)22(14-17-8-5-11-24-17)13-16-6-2-3-10-20-16/h2-4,6-7,9-10,12,17H,5,8,11,13-14H2,1H3,(H,21,23). The maximum atomic E-state index is 12.8. The van der Waals surface area contributed by atoms with E-state index in [1.165, 1.54) is 0 Å². The van der Waals surface area contributed by atoms with E-state index in [1.54, 1.807) is 22.9 Å². The lowest BCUT2D eigenvalue weighted by molar-refractivity contribution is 0.0816. The summed E-state index contributed by atoms with van der Waals surface area (Å²) in [5, 5.41) is 3.00. The van der Waals surface area contributed by atoms with Crippen molar-refractivity contribution >= 4 is 23.5 Å². The molecule has 1 aromatic carbocycles. The van der Waals surface area contributed by atoms with Crippen LogP contribution in [0.3, 0.4) is 0 Å². The highest BCUT2D eigenvalue weighted by Crippen LogP contribution is 2.20. The summed E-state index contributed by atoms with van der Waals surface area (Å²) in [6.07, 6.45) is 5.92. The highest BCUT2D eigenvalue weighted by atomic mass is 32.2. The summed E-state index contributed by atoms with van der Waals surface area (Å²) >= 11 is 1.65. The number of carbonyl (C=O) groups is 1. The molecular weight excluding hydrogens is 334 g/mol. The normalized spacial score (nSPS) is 16.6. The second-order valence-corrected chi connectivity index (χ2v) is 6.88. The van der Waals surface area contributed by atoms with Crippen LogP contribution < -0.4 is 5.32 Å². The van der Waals surface area contributed by atoms with Gasteiger partial charge in [-0.05, 0) is 49.4 Å². The molecule has 0 radical (unpaired) electrons. The number of amides is 2. The number of benzene rings is 1. The third-order valence-electron chi connectivity index (χ3n) is 4.14. The predicted molar refractivity (Wildman–Crippen MR) is 101 cm³/mol. The smallest absolute Gasteiger partial charge is 0.322 e. The van der Waals surface area contributed by atoms with Gasteiger partial charge in [-0.15, -0.1) is 11.8 Å². The summed E-state index contributed by atoms with van der Waals surface area (Å²) in [7, 11) is 0. The van der Waals surface area contributed by atoms with Gasteiger partial charge in [-0.3, -0.25) is 4.98 Å². The van der Waals surface area contributed by atoms with E-state index >= 15 is 0 Å². The number of hydrogen-bond donors (Lipinski definition) is 1. The minimum atomic E-state index is -0.126. The van der Waals surface area contributed by atoms with Crippen molar-refractivity contribution in [3.63, 3.8) is 0 Å². The Morgan fingerprint density at radius 3 is 3.00 bits per heavy atom. The molecule has 0 saturated carbocycles. The van der Waals surface area contributed by atoms with Crippen LogP contribution in [0.2, 0.25) is 0 Å². The van der Waals surface area contributed by atoms with Gasteiger partial charge < -0.3 is 15.0 Å². The highest BCUT2D eigenvalue weighted by Gasteiger charge is 2.23. The van der Waals surface area contributed by atoms with Crippen LogP contribution in [0.25, 0.3) is 0 Å². The predicted octanol–water partition coefficient (Wildman–Crippen LogP) is 4.02. The maximum Gasteiger partial charge on any atom is 0.322 e. The van der Waals surface area contributed by atoms with Gasteiger partial charge in [0.1, 0.15) is 0 Å². The highest BCUT2D eigenvalue weighted by molar-refractivity contribution is 7.98. The zero-order chi connectivity index (χ0) is 17.5. The molecule has 2 aromatic rings. The van der Waals surface area contributed by atoms with E-state index in [2.05, 4.69) is 10.3 Å². The molecule has 1 aromatic heterocycles. The average Bonchev–Trinajstić information content (AvgIpc) is 3.15. The van der Waals surface area contributed by atoms with Gasteiger partial charge in [-0.25, -0.2) is 4.79 Å². The van der Waals surface area contributed by atoms with Gasteiger partial charge in [0.15, 0.2) is 0 Å². The van der Waals surface area contributed by atoms with Crippen LogP contribution in [0.15, 0.2) is 53.6 Å². The molecule has 1 fully saturated rings. The fraction of sp³-hybridized carbons (Fsp3) is 0.368. The lowest BCUT2D eigenvalue weighted by atomic mass is 10.2. The van der Waals surface area contributed by atoms with Gasteiger partial charge >= 0.3 is 6.03 Å². The van der Waals surface area contributed by atoms with Crippen LogP contribution >= 0.6 is 11.8 Å². The van der Waals surface area contributed by atoms with Crippen LogP contribution in [0.5, 0.6) is 0 Å². The first-order valence-corrected chi connectivity index (χ1v) is 9.68. The van der Waals surface area contributed by atoms with Gasteiger partial charge in [0, 0.05) is 29.9 Å². The van der Waals surface area contributed by atoms with Gasteiger partial charge in [0.2, 0.25) is 0 Å². The summed E-state index contributed by atoms with van der Waals surface area (Å²) in [4.78, 5) is 20.1. The Bertz CT molecular complexity index is 690. The van der Waals surface area contributed by atoms with Crippen molar-refractivity contribution in [2.75, 3.05) is 24.7 Å². The van der Waals surface area contributed by atoms with Crippen LogP contribution in [0, 0.1) is 0 Å². The first-order chi connectivity index (χ1) is 12.2. The third-order valence-corrected chi connectivity index (χ3v) is 4.86. The number of thioether (sulfide) groups is 1. The van der Waals surface area contributed by atoms with Crippen molar-refractivity contribution < 1.29 is 9.53 Å². The van der Waals surface area contributed by atoms with Gasteiger partial charge in [-0.1, -0.05) is 12.1 Å². The number of ether oxygens (including phenoxy) is 1. The lowest BCUT2D eigenvalue weighted by Crippen LogP contribution is -2.39. The Morgan fingerprint density at radius 2 is 2.28 bits per heavy atom. The zero-order valence-corrected chi connectivity index (χ0v) is 15.2. The molecule has 5 nitrogen and oxygen atoms in total. The van der Waals surface area contributed by atoms with Crippen molar-refractivity contribution in [1.29, 1.82) is 0 Å². The van der Waals surface area contributed by atoms with E-state index in [4.69, 9.17) is 4.74 Å². The molecule has 2 heterocycles. The SMILES string of the molecule is CSc1cccc(NC(=O)N(Cc2ccccn2)CC2CCCO2)c1. The number of carbonyl (C=O) groups excluding carboxylic acids is 1. The minimum absolute atomic E-state index is 0.104. The van der Waals surface area contributed by atoms with Crippen molar-refractivity contribution in [1.82, 2.24) is 9.88 Å². The van der Waals surface area contributed by atoms with Crippen molar-refractivity contribution in [3.8, 4) is 0 Å². The van der Waals surface area contributed by atoms with Crippen LogP contribution in [-0.2, 0) is 11.3 Å². The van der Waals surface area contributed by atoms with Crippen LogP contribution in [0.4, 0.5) is 10.5 Å². The third kappa shape index (κ3) is 5.21. The molecule has 0 aliphatic carbocycles. The molecule has 1 N–H and O–H groups in total. The summed E-state index contributed by atoms with van der Waals surface area (Å²) in [6, 6.07) is 13.5. The molecule has 1 unspecified atom stereocenters. The van der Waals surface area contributed by atoms with Crippen molar-refractivity contribution in [2.24, 2.45) is 0 Å². The van der Waals surface area contributed by atoms with Crippen LogP contribution in [0.1, 0.15) is 18.5 Å². The Kier molecular flexibility index (Phi) is 6.30. The number of rotatable bonds is 6. The molecule has 6 heteroatoms. The molecule has 1 aliphatic heterocycles. The molecule has 25 heavy (non-hydrogen) atoms. The number of nitrogens with zero attached hydrogens (tertiary/aromatic N) is 2. The number of urea groups is 1. The second kappa shape index (κ2) is 8.87. The molecule has 2 amide bonds. The molecule has 0 spiro atoms. The number of nitrogens with one attached hydrogen (secondary N) is 1. The lowest BCUT2D eigenvalue weighted by Gasteiger charge is -2.25. The summed E-state index contributed by atoms with van der Waals surface area (Å²) in [5.41, 5.74) is 1.67. The minimum Gasteiger partial charge on any atom is -0.376 e. The van der Waals surface area contributed by atoms with E-state index in [9.17, 15) is 4.79 Å². The summed E-state index contributed by atoms with van der Waals surface area (Å²) < 4.78 is 5.71. The summed E-state index contributed by atoms with van der Waals surface area (Å²) in [6.45, 7) is 1.82. The van der Waals surface area contributed by atoms with E-state index in [0.717, 1.165) is 35.7 Å². The molecular formula is C19H23N3O2S. The Hall–Kier alpha value is -2.05. The number of hydrogen-bond acceptors (Lipinski definition) is 4. The quantitative estimate of drug-likeness (QED) is 0.794. The first kappa shape index (κ1) is 17.8. The monoisotopic (exact) mass is 357 g/mol. The number of aromatic nitrogens is 1. The van der Waals surface area contributed by atoms with E-state index in [1.807, 2.05) is 48.7 Å². The molecule has 0 bridgehead atoms. The van der Waals surface area contributed by atoms with Gasteiger partial charge in [-0.2, -0.15) is 0 Å². The fourth-order valence-corrected chi connectivity index (χ4v) is 3.30. The Labute approximate surface area is 152 Å². The van der Waals surface area contributed by atoms with Gasteiger partial charge in [0.05, 0.1) is 18.3 Å². The van der Waals surface area contributed by atoms with Gasteiger partial charge in [0.25, 0.3) is 0 Å². The molecule has 132 valence electrons. The number of pyridine rings is 1. The Morgan fingerprint density at radius 1 is 1.36 bits per heavy atom. The fourth-order valence-electron chi connectivity index (χ4n) is 2.84. The molecule has 3 rings (SSSR count). The van der Waals surface area contributed by atoms with Crippen molar-refractivity contribution in [2.45, 2.75) is 30.4 Å². The van der Waals surface area contributed by atoms with E-state index in [0.29, 0.717) is 13.1 Å². The largest absolute Gasteiger partial charge is 0.376 e. The Balaban J connectivity index is 1.70. The molecule has 1 aliphatic rings. The molecule has 1 atom stereocenters. The molecule has 1 saturated heterocycles. The van der Waals surface area contributed by atoms with Crippen LogP contribution in [-0.4, -0.2) is 41.4 Å².